The number of anilines is 1. The number of likely N-dealkylation sites (N-methyl/N-ethyl adjacent to an activating group) is 1. The number of rotatable bonds is 5. The van der Waals surface area contributed by atoms with Crippen LogP contribution in [0.3, 0.4) is 0 Å². The van der Waals surface area contributed by atoms with Gasteiger partial charge in [0.25, 0.3) is 5.91 Å². The van der Waals surface area contributed by atoms with Gasteiger partial charge in [0.15, 0.2) is 0 Å². The van der Waals surface area contributed by atoms with E-state index in [2.05, 4.69) is 10.3 Å². The molecule has 0 aliphatic rings. The highest BCUT2D eigenvalue weighted by atomic mass is 16.5. The Kier molecular flexibility index (Phi) is 5.30. The summed E-state index contributed by atoms with van der Waals surface area (Å²) in [4.78, 5) is 31.5. The second-order valence-corrected chi connectivity index (χ2v) is 6.99. The lowest BCUT2D eigenvalue weighted by molar-refractivity contribution is -0.116. The maximum absolute atomic E-state index is 13.2. The largest absolute Gasteiger partial charge is 0.497 e. The quantitative estimate of drug-likeness (QED) is 0.513. The van der Waals surface area contributed by atoms with Crippen LogP contribution in [0.2, 0.25) is 0 Å². The highest BCUT2D eigenvalue weighted by Crippen LogP contribution is 2.28. The summed E-state index contributed by atoms with van der Waals surface area (Å²) in [6.45, 7) is -0.0861. The number of carbonyl (C=O) groups excluding carboxylic acids is 2. The van der Waals surface area contributed by atoms with Crippen molar-refractivity contribution >= 4 is 39.2 Å². The summed E-state index contributed by atoms with van der Waals surface area (Å²) in [5.41, 5.74) is 1.71. The van der Waals surface area contributed by atoms with Gasteiger partial charge in [0.2, 0.25) is 5.91 Å². The topological polar surface area (TPSA) is 71.5 Å². The van der Waals surface area contributed by atoms with Gasteiger partial charge in [-0.3, -0.25) is 14.6 Å². The molecule has 0 saturated carbocycles. The molecule has 4 rings (SSSR count). The SMILES string of the molecule is COc1cccc(NC(=O)CN(C)C(=O)c2cc3ccccc3c3cccnc23)c1. The van der Waals surface area contributed by atoms with Crippen LogP contribution in [0.5, 0.6) is 5.75 Å². The molecule has 30 heavy (non-hydrogen) atoms. The minimum atomic E-state index is -0.294. The molecule has 0 saturated heterocycles. The van der Waals surface area contributed by atoms with Crippen LogP contribution >= 0.6 is 0 Å². The minimum absolute atomic E-state index is 0.0861. The van der Waals surface area contributed by atoms with Crippen LogP contribution in [-0.2, 0) is 4.79 Å². The van der Waals surface area contributed by atoms with Crippen molar-refractivity contribution in [3.8, 4) is 5.75 Å². The van der Waals surface area contributed by atoms with Gasteiger partial charge in [-0.25, -0.2) is 0 Å². The van der Waals surface area contributed by atoms with Crippen LogP contribution in [-0.4, -0.2) is 42.4 Å². The van der Waals surface area contributed by atoms with Gasteiger partial charge < -0.3 is 15.0 Å². The molecule has 0 atom stereocenters. The molecule has 0 spiro atoms. The molecule has 6 nitrogen and oxygen atoms in total. The monoisotopic (exact) mass is 399 g/mol. The van der Waals surface area contributed by atoms with Crippen LogP contribution in [0.25, 0.3) is 21.7 Å². The maximum Gasteiger partial charge on any atom is 0.256 e. The zero-order valence-corrected chi connectivity index (χ0v) is 16.8. The molecule has 0 bridgehead atoms. The highest BCUT2D eigenvalue weighted by molar-refractivity contribution is 6.16. The normalized spacial score (nSPS) is 10.7. The van der Waals surface area contributed by atoms with Crippen molar-refractivity contribution in [1.82, 2.24) is 9.88 Å². The Balaban J connectivity index is 1.59. The summed E-state index contributed by atoms with van der Waals surface area (Å²) >= 11 is 0. The van der Waals surface area contributed by atoms with E-state index in [1.54, 1.807) is 44.6 Å². The Hall–Kier alpha value is -3.93. The summed E-state index contributed by atoms with van der Waals surface area (Å²) in [7, 11) is 3.17. The van der Waals surface area contributed by atoms with Gasteiger partial charge in [0.1, 0.15) is 5.75 Å². The third-order valence-electron chi connectivity index (χ3n) is 4.93. The number of methoxy groups -OCH3 is 1. The van der Waals surface area contributed by atoms with Crippen molar-refractivity contribution in [3.05, 3.63) is 78.5 Å². The van der Waals surface area contributed by atoms with Crippen LogP contribution in [0.1, 0.15) is 10.4 Å². The molecular weight excluding hydrogens is 378 g/mol. The second kappa shape index (κ2) is 8.21. The zero-order valence-electron chi connectivity index (χ0n) is 16.8. The molecule has 150 valence electrons. The van der Waals surface area contributed by atoms with E-state index in [1.165, 1.54) is 4.90 Å². The molecule has 2 amide bonds. The average molecular weight is 399 g/mol. The smallest absolute Gasteiger partial charge is 0.256 e. The minimum Gasteiger partial charge on any atom is -0.497 e. The van der Waals surface area contributed by atoms with E-state index in [1.807, 2.05) is 42.5 Å². The van der Waals surface area contributed by atoms with Crippen LogP contribution in [0.15, 0.2) is 72.9 Å². The van der Waals surface area contributed by atoms with Crippen molar-refractivity contribution in [2.24, 2.45) is 0 Å². The van der Waals surface area contributed by atoms with E-state index in [0.717, 1.165) is 16.2 Å². The molecule has 0 fully saturated rings. The Bertz CT molecular complexity index is 1250. The first-order chi connectivity index (χ1) is 14.6. The van der Waals surface area contributed by atoms with Crippen molar-refractivity contribution < 1.29 is 14.3 Å². The number of amides is 2. The Morgan fingerprint density at radius 3 is 2.63 bits per heavy atom. The molecular formula is C24H21N3O3. The van der Waals surface area contributed by atoms with Gasteiger partial charge in [-0.1, -0.05) is 36.4 Å². The Labute approximate surface area is 174 Å². The number of ether oxygens (including phenoxy) is 1. The van der Waals surface area contributed by atoms with Crippen molar-refractivity contribution in [3.63, 3.8) is 0 Å². The van der Waals surface area contributed by atoms with Crippen molar-refractivity contribution in [2.45, 2.75) is 0 Å². The van der Waals surface area contributed by atoms with E-state index in [9.17, 15) is 9.59 Å². The Morgan fingerprint density at radius 1 is 1.00 bits per heavy atom. The number of nitrogens with zero attached hydrogens (tertiary/aromatic N) is 2. The summed E-state index contributed by atoms with van der Waals surface area (Å²) in [5, 5.41) is 5.69. The maximum atomic E-state index is 13.2. The van der Waals surface area contributed by atoms with Crippen molar-refractivity contribution in [2.75, 3.05) is 26.0 Å². The molecule has 3 aromatic carbocycles. The van der Waals surface area contributed by atoms with E-state index < -0.39 is 0 Å². The molecule has 4 aromatic rings. The van der Waals surface area contributed by atoms with Crippen LogP contribution in [0, 0.1) is 0 Å². The fraction of sp³-hybridized carbons (Fsp3) is 0.125. The molecule has 1 aromatic heterocycles. The molecule has 0 unspecified atom stereocenters. The van der Waals surface area contributed by atoms with E-state index in [0.29, 0.717) is 22.5 Å². The lowest BCUT2D eigenvalue weighted by Gasteiger charge is -2.18. The molecule has 1 heterocycles. The first kappa shape index (κ1) is 19.4. The molecule has 0 aliphatic heterocycles. The summed E-state index contributed by atoms with van der Waals surface area (Å²) < 4.78 is 5.17. The number of hydrogen-bond acceptors (Lipinski definition) is 4. The molecule has 6 heteroatoms. The number of nitrogens with one attached hydrogen (secondary N) is 1. The fourth-order valence-electron chi connectivity index (χ4n) is 3.49. The van der Waals surface area contributed by atoms with Gasteiger partial charge in [-0.2, -0.15) is 0 Å². The molecule has 0 aliphatic carbocycles. The first-order valence-electron chi connectivity index (χ1n) is 9.52. The number of hydrogen-bond donors (Lipinski definition) is 1. The van der Waals surface area contributed by atoms with Crippen LogP contribution < -0.4 is 10.1 Å². The van der Waals surface area contributed by atoms with Gasteiger partial charge in [-0.05, 0) is 35.0 Å². The molecule has 1 N–H and O–H groups in total. The average Bonchev–Trinajstić information content (AvgIpc) is 2.78. The van der Waals surface area contributed by atoms with Crippen molar-refractivity contribution in [1.29, 1.82) is 0 Å². The predicted molar refractivity (Wildman–Crippen MR) is 118 cm³/mol. The Morgan fingerprint density at radius 2 is 1.80 bits per heavy atom. The van der Waals surface area contributed by atoms with Gasteiger partial charge in [0.05, 0.1) is 24.7 Å². The lowest BCUT2D eigenvalue weighted by atomic mass is 10.00. The number of pyridine rings is 1. The van der Waals surface area contributed by atoms with E-state index in [-0.39, 0.29) is 18.4 Å². The first-order valence-corrected chi connectivity index (χ1v) is 9.52. The summed E-state index contributed by atoms with van der Waals surface area (Å²) in [6.07, 6.45) is 1.67. The number of aromatic nitrogens is 1. The summed E-state index contributed by atoms with van der Waals surface area (Å²) in [5.74, 6) is 0.0911. The third kappa shape index (κ3) is 3.80. The van der Waals surface area contributed by atoms with Gasteiger partial charge in [-0.15, -0.1) is 0 Å². The number of carbonyl (C=O) groups is 2. The third-order valence-corrected chi connectivity index (χ3v) is 4.93. The lowest BCUT2D eigenvalue weighted by Crippen LogP contribution is -2.35. The van der Waals surface area contributed by atoms with E-state index >= 15 is 0 Å². The zero-order chi connectivity index (χ0) is 21.1. The molecule has 0 radical (unpaired) electrons. The number of benzene rings is 3. The second-order valence-electron chi connectivity index (χ2n) is 6.99. The predicted octanol–water partition coefficient (Wildman–Crippen LogP) is 4.11. The fourth-order valence-corrected chi connectivity index (χ4v) is 3.49. The van der Waals surface area contributed by atoms with E-state index in [4.69, 9.17) is 4.74 Å². The standard InChI is InChI=1S/C24H21N3O3/c1-27(15-22(28)26-17-8-5-9-18(14-17)30-2)24(29)21-13-16-7-3-4-10-19(16)20-11-6-12-25-23(20)21/h3-14H,15H2,1-2H3,(H,26,28). The number of fused-ring (bicyclic) bond motifs is 3. The highest BCUT2D eigenvalue weighted by Gasteiger charge is 2.19. The summed E-state index contributed by atoms with van der Waals surface area (Å²) in [6, 6.07) is 20.6. The van der Waals surface area contributed by atoms with Gasteiger partial charge in [0, 0.05) is 30.4 Å². The van der Waals surface area contributed by atoms with Gasteiger partial charge >= 0.3 is 0 Å². The van der Waals surface area contributed by atoms with Crippen LogP contribution in [0.4, 0.5) is 5.69 Å².